The van der Waals surface area contributed by atoms with Gasteiger partial charge in [-0.05, 0) is 68.7 Å². The summed E-state index contributed by atoms with van der Waals surface area (Å²) in [7, 11) is 0. The predicted octanol–water partition coefficient (Wildman–Crippen LogP) is 6.30. The first-order valence-corrected chi connectivity index (χ1v) is 13.6. The van der Waals surface area contributed by atoms with Crippen molar-refractivity contribution in [2.45, 2.75) is 57.4 Å². The Hall–Kier alpha value is -3.82. The Morgan fingerprint density at radius 2 is 1.90 bits per heavy atom. The van der Waals surface area contributed by atoms with Crippen molar-refractivity contribution in [1.29, 1.82) is 0 Å². The lowest BCUT2D eigenvalue weighted by molar-refractivity contribution is -0.115. The highest BCUT2D eigenvalue weighted by Crippen LogP contribution is 2.43. The van der Waals surface area contributed by atoms with Crippen LogP contribution in [0.15, 0.2) is 53.7 Å². The van der Waals surface area contributed by atoms with Crippen LogP contribution >= 0.6 is 11.8 Å². The van der Waals surface area contributed by atoms with Crippen molar-refractivity contribution in [3.05, 3.63) is 88.0 Å². The number of nitrogens with one attached hydrogen (secondary N) is 1. The third-order valence-electron chi connectivity index (χ3n) is 6.73. The van der Waals surface area contributed by atoms with Crippen LogP contribution in [0.2, 0.25) is 0 Å². The SMILES string of the molecule is CC[C@@H](Sc1nc(-c2ccc(F)cc2)nc2c1Cc1c(CO)cnc(C)c1O2)C(=O)Nc1cc(C)ccc1C. The number of halogens is 1. The molecular weight excluding hydrogens is 515 g/mol. The van der Waals surface area contributed by atoms with Crippen molar-refractivity contribution in [1.82, 2.24) is 15.0 Å². The van der Waals surface area contributed by atoms with Crippen molar-refractivity contribution < 1.29 is 19.0 Å². The Balaban J connectivity index is 1.55. The van der Waals surface area contributed by atoms with Crippen molar-refractivity contribution in [2.24, 2.45) is 0 Å². The number of aromatic nitrogens is 3. The van der Waals surface area contributed by atoms with Gasteiger partial charge in [-0.15, -0.1) is 0 Å². The fourth-order valence-corrected chi connectivity index (χ4v) is 5.50. The highest BCUT2D eigenvalue weighted by molar-refractivity contribution is 8.00. The Morgan fingerprint density at radius 1 is 1.13 bits per heavy atom. The number of thioether (sulfide) groups is 1. The molecule has 3 heterocycles. The summed E-state index contributed by atoms with van der Waals surface area (Å²) in [5.41, 5.74) is 6.36. The van der Waals surface area contributed by atoms with E-state index in [1.807, 2.05) is 45.9 Å². The third kappa shape index (κ3) is 5.51. The number of aliphatic hydroxyl groups excluding tert-OH is 1. The van der Waals surface area contributed by atoms with Crippen molar-refractivity contribution in [3.8, 4) is 23.0 Å². The van der Waals surface area contributed by atoms with E-state index in [0.29, 0.717) is 52.1 Å². The summed E-state index contributed by atoms with van der Waals surface area (Å²) >= 11 is 1.35. The van der Waals surface area contributed by atoms with E-state index >= 15 is 0 Å². The molecule has 39 heavy (non-hydrogen) atoms. The summed E-state index contributed by atoms with van der Waals surface area (Å²) in [4.78, 5) is 27.3. The molecule has 0 saturated heterocycles. The normalized spacial score (nSPS) is 12.8. The second-order valence-corrected chi connectivity index (χ2v) is 10.8. The van der Waals surface area contributed by atoms with Crippen LogP contribution in [0.1, 0.15) is 46.9 Å². The number of benzene rings is 2. The number of pyridine rings is 1. The molecule has 7 nitrogen and oxygen atoms in total. The lowest BCUT2D eigenvalue weighted by Crippen LogP contribution is -2.25. The molecule has 2 aromatic heterocycles. The maximum atomic E-state index is 13.6. The first-order valence-electron chi connectivity index (χ1n) is 12.7. The molecule has 2 aromatic carbocycles. The van der Waals surface area contributed by atoms with Crippen LogP contribution in [-0.4, -0.2) is 31.2 Å². The second kappa shape index (κ2) is 11.1. The number of aliphatic hydroxyl groups is 1. The minimum Gasteiger partial charge on any atom is -0.436 e. The average Bonchev–Trinajstić information content (AvgIpc) is 2.93. The number of hydrogen-bond donors (Lipinski definition) is 2. The Kier molecular flexibility index (Phi) is 7.63. The molecule has 0 spiro atoms. The van der Waals surface area contributed by atoms with E-state index in [-0.39, 0.29) is 18.3 Å². The molecule has 9 heteroatoms. The smallest absolute Gasteiger partial charge is 0.237 e. The van der Waals surface area contributed by atoms with Crippen molar-refractivity contribution >= 4 is 23.4 Å². The van der Waals surface area contributed by atoms with Gasteiger partial charge >= 0.3 is 0 Å². The predicted molar refractivity (Wildman–Crippen MR) is 150 cm³/mol. The van der Waals surface area contributed by atoms with E-state index < -0.39 is 5.25 Å². The third-order valence-corrected chi connectivity index (χ3v) is 8.12. The maximum absolute atomic E-state index is 13.6. The number of carbonyl (C=O) groups is 1. The molecular formula is C30H29FN4O3S. The number of nitrogens with zero attached hydrogens (tertiary/aromatic N) is 3. The molecule has 1 amide bonds. The molecule has 1 aliphatic rings. The molecule has 0 bridgehead atoms. The van der Waals surface area contributed by atoms with Gasteiger partial charge in [0, 0.05) is 35.0 Å². The van der Waals surface area contributed by atoms with Crippen molar-refractivity contribution in [2.75, 3.05) is 5.32 Å². The molecule has 2 N–H and O–H groups in total. The van der Waals surface area contributed by atoms with Crippen LogP contribution in [0.5, 0.6) is 11.6 Å². The molecule has 4 aromatic rings. The molecule has 0 saturated carbocycles. The largest absolute Gasteiger partial charge is 0.436 e. The van der Waals surface area contributed by atoms with E-state index in [4.69, 9.17) is 9.72 Å². The Morgan fingerprint density at radius 3 is 2.62 bits per heavy atom. The zero-order valence-corrected chi connectivity index (χ0v) is 23.0. The van der Waals surface area contributed by atoms with Crippen LogP contribution in [-0.2, 0) is 17.8 Å². The lowest BCUT2D eigenvalue weighted by atomic mass is 9.99. The zero-order valence-electron chi connectivity index (χ0n) is 22.2. The lowest BCUT2D eigenvalue weighted by Gasteiger charge is -2.25. The van der Waals surface area contributed by atoms with E-state index in [1.54, 1.807) is 18.3 Å². The molecule has 0 radical (unpaired) electrons. The number of aryl methyl sites for hydroxylation is 3. The monoisotopic (exact) mass is 544 g/mol. The van der Waals surface area contributed by atoms with Gasteiger partial charge in [0.1, 0.15) is 10.8 Å². The first kappa shape index (κ1) is 26.8. The number of ether oxygens (including phenoxy) is 1. The Labute approximate surface area is 230 Å². The van der Waals surface area contributed by atoms with E-state index in [2.05, 4.69) is 15.3 Å². The first-order chi connectivity index (χ1) is 18.8. The number of hydrogen-bond acceptors (Lipinski definition) is 7. The fraction of sp³-hybridized carbons (Fsp3) is 0.267. The number of fused-ring (bicyclic) bond motifs is 2. The zero-order chi connectivity index (χ0) is 27.7. The highest BCUT2D eigenvalue weighted by Gasteiger charge is 2.30. The van der Waals surface area contributed by atoms with Gasteiger partial charge in [0.2, 0.25) is 11.8 Å². The number of amides is 1. The summed E-state index contributed by atoms with van der Waals surface area (Å²) in [5, 5.41) is 13.2. The van der Waals surface area contributed by atoms with Crippen LogP contribution in [0, 0.1) is 26.6 Å². The van der Waals surface area contributed by atoms with Gasteiger partial charge in [0.15, 0.2) is 11.6 Å². The van der Waals surface area contributed by atoms with E-state index in [9.17, 15) is 14.3 Å². The van der Waals surface area contributed by atoms with Crippen LogP contribution in [0.3, 0.4) is 0 Å². The molecule has 0 fully saturated rings. The molecule has 200 valence electrons. The fourth-order valence-electron chi connectivity index (χ4n) is 4.46. The van der Waals surface area contributed by atoms with Crippen LogP contribution in [0.25, 0.3) is 11.4 Å². The minimum absolute atomic E-state index is 0.125. The van der Waals surface area contributed by atoms with Gasteiger partial charge < -0.3 is 15.2 Å². The highest BCUT2D eigenvalue weighted by atomic mass is 32.2. The van der Waals surface area contributed by atoms with Crippen molar-refractivity contribution in [3.63, 3.8) is 0 Å². The average molecular weight is 545 g/mol. The van der Waals surface area contributed by atoms with E-state index in [1.165, 1.54) is 23.9 Å². The second-order valence-electron chi connectivity index (χ2n) is 9.58. The van der Waals surface area contributed by atoms with Gasteiger partial charge in [-0.3, -0.25) is 9.78 Å². The molecule has 1 atom stereocenters. The number of carbonyl (C=O) groups excluding carboxylic acids is 1. The standard InChI is InChI=1S/C30H29FN4O3S/c1-5-25(28(37)33-24-12-16(2)6-7-17(24)3)39-30-23-13-22-20(15-36)14-32-18(4)26(22)38-29(23)34-27(35-30)19-8-10-21(31)11-9-19/h6-12,14,25,36H,5,13,15H2,1-4H3,(H,33,37)/t25-/m1/s1. The minimum atomic E-state index is -0.442. The number of anilines is 1. The molecule has 0 unspecified atom stereocenters. The number of rotatable bonds is 7. The van der Waals surface area contributed by atoms with Gasteiger partial charge in [0.05, 0.1) is 23.1 Å². The summed E-state index contributed by atoms with van der Waals surface area (Å²) < 4.78 is 19.9. The van der Waals surface area contributed by atoms with Crippen LogP contribution < -0.4 is 10.1 Å². The Bertz CT molecular complexity index is 1560. The van der Waals surface area contributed by atoms with Crippen LogP contribution in [0.4, 0.5) is 10.1 Å². The molecule has 0 aliphatic carbocycles. The van der Waals surface area contributed by atoms with Gasteiger partial charge in [-0.1, -0.05) is 30.8 Å². The summed E-state index contributed by atoms with van der Waals surface area (Å²) in [5.74, 6) is 0.815. The maximum Gasteiger partial charge on any atom is 0.237 e. The topological polar surface area (TPSA) is 97.2 Å². The van der Waals surface area contributed by atoms with Gasteiger partial charge in [0.25, 0.3) is 0 Å². The quantitative estimate of drug-likeness (QED) is 0.183. The summed E-state index contributed by atoms with van der Waals surface area (Å²) in [6.07, 6.45) is 2.63. The summed E-state index contributed by atoms with van der Waals surface area (Å²) in [6, 6.07) is 11.9. The molecule has 1 aliphatic heterocycles. The van der Waals surface area contributed by atoms with Gasteiger partial charge in [-0.2, -0.15) is 4.98 Å². The van der Waals surface area contributed by atoms with E-state index in [0.717, 1.165) is 27.9 Å². The summed E-state index contributed by atoms with van der Waals surface area (Å²) in [6.45, 7) is 7.57. The molecule has 5 rings (SSSR count). The van der Waals surface area contributed by atoms with Gasteiger partial charge in [-0.25, -0.2) is 9.37 Å².